The molecular weight excluding hydrogens is 769 g/mol. The van der Waals surface area contributed by atoms with E-state index in [1.54, 1.807) is 24.3 Å². The summed E-state index contributed by atoms with van der Waals surface area (Å²) >= 11 is 6.14. The predicted molar refractivity (Wildman–Crippen MR) is 207 cm³/mol. The highest BCUT2D eigenvalue weighted by Crippen LogP contribution is 2.51. The molecule has 58 heavy (non-hydrogen) atoms. The fourth-order valence-corrected chi connectivity index (χ4v) is 9.70. The summed E-state index contributed by atoms with van der Waals surface area (Å²) in [7, 11) is 0. The Morgan fingerprint density at radius 2 is 1.64 bits per heavy atom. The molecule has 5 amide bonds. The number of hydrogen-bond donors (Lipinski definition) is 2. The van der Waals surface area contributed by atoms with Gasteiger partial charge in [-0.25, -0.2) is 4.39 Å². The molecule has 1 atom stereocenters. The van der Waals surface area contributed by atoms with Gasteiger partial charge in [-0.05, 0) is 81.3 Å². The van der Waals surface area contributed by atoms with E-state index in [-0.39, 0.29) is 58.8 Å². The minimum absolute atomic E-state index is 0.00679. The van der Waals surface area contributed by atoms with Crippen molar-refractivity contribution in [3.8, 4) is 11.8 Å². The summed E-state index contributed by atoms with van der Waals surface area (Å²) in [5.74, 6) is -2.00. The van der Waals surface area contributed by atoms with Crippen LogP contribution in [0.5, 0.6) is 5.75 Å². The van der Waals surface area contributed by atoms with Gasteiger partial charge in [0, 0.05) is 69.3 Å². The van der Waals surface area contributed by atoms with Crippen molar-refractivity contribution < 1.29 is 33.1 Å². The molecule has 4 aliphatic heterocycles. The molecule has 3 aromatic rings. The molecule has 5 fully saturated rings. The first kappa shape index (κ1) is 37.9. The topological polar surface area (TPSA) is 181 Å². The minimum Gasteiger partial charge on any atom is -0.490 e. The summed E-state index contributed by atoms with van der Waals surface area (Å²) in [5, 5.41) is 23.3. The summed E-state index contributed by atoms with van der Waals surface area (Å²) in [6.45, 7) is 4.32. The van der Waals surface area contributed by atoms with Gasteiger partial charge in [0.15, 0.2) is 11.5 Å². The molecule has 1 spiro atoms. The zero-order valence-corrected chi connectivity index (χ0v) is 32.3. The number of carbonyl (C=O) groups excluding carboxylic acids is 5. The van der Waals surface area contributed by atoms with Crippen molar-refractivity contribution in [1.29, 1.82) is 5.26 Å². The highest BCUT2D eigenvalue weighted by molar-refractivity contribution is 6.31. The number of carbonyl (C=O) groups is 5. The van der Waals surface area contributed by atoms with Crippen molar-refractivity contribution in [2.75, 3.05) is 49.1 Å². The van der Waals surface area contributed by atoms with E-state index in [0.717, 1.165) is 81.5 Å². The van der Waals surface area contributed by atoms with Crippen LogP contribution in [0.1, 0.15) is 88.1 Å². The molecule has 17 heteroatoms. The smallest absolute Gasteiger partial charge is 0.272 e. The van der Waals surface area contributed by atoms with Gasteiger partial charge in [0.2, 0.25) is 11.8 Å². The molecule has 0 radical (unpaired) electrons. The first-order valence-electron chi connectivity index (χ1n) is 19.8. The Hall–Kier alpha value is -5.66. The lowest BCUT2D eigenvalue weighted by Gasteiger charge is -2.62. The SMILES string of the molecule is N#Cc1ccc(OC2CCC(NC(=O)c3ccc(N4CC5(CC(N6CCN(c7cc8c(cc7F)C(=O)N(C7CCC(=O)NC7=O)C8=O)CC6)C5)C4)nn3)CC2)cc1Cl. The molecule has 2 aromatic carbocycles. The molecule has 1 unspecified atom stereocenters. The molecule has 2 aliphatic carbocycles. The molecule has 6 aliphatic rings. The molecular formula is C41H41ClFN9O6. The van der Waals surface area contributed by atoms with Crippen LogP contribution >= 0.6 is 11.6 Å². The number of piperidine rings is 1. The quantitative estimate of drug-likeness (QED) is 0.317. The Morgan fingerprint density at radius 1 is 0.914 bits per heavy atom. The van der Waals surface area contributed by atoms with E-state index in [4.69, 9.17) is 21.6 Å². The van der Waals surface area contributed by atoms with Crippen molar-refractivity contribution >= 4 is 52.6 Å². The number of ether oxygens (including phenoxy) is 1. The van der Waals surface area contributed by atoms with Gasteiger partial charge in [0.05, 0.1) is 33.5 Å². The summed E-state index contributed by atoms with van der Waals surface area (Å²) in [5.41, 5.74) is 1.16. The van der Waals surface area contributed by atoms with Gasteiger partial charge in [0.25, 0.3) is 17.7 Å². The van der Waals surface area contributed by atoms with E-state index in [9.17, 15) is 24.0 Å². The number of nitrogens with zero attached hydrogens (tertiary/aromatic N) is 7. The summed E-state index contributed by atoms with van der Waals surface area (Å²) < 4.78 is 21.5. The Labute approximate surface area is 338 Å². The maximum Gasteiger partial charge on any atom is 0.272 e. The number of benzene rings is 2. The number of halogens is 2. The molecule has 3 saturated heterocycles. The number of imide groups is 2. The molecule has 0 bridgehead atoms. The number of amides is 5. The Kier molecular flexibility index (Phi) is 9.76. The van der Waals surface area contributed by atoms with E-state index in [1.165, 1.54) is 6.07 Å². The van der Waals surface area contributed by atoms with Crippen LogP contribution in [0.15, 0.2) is 42.5 Å². The second-order valence-electron chi connectivity index (χ2n) is 16.3. The van der Waals surface area contributed by atoms with Crippen molar-refractivity contribution in [3.05, 3.63) is 75.7 Å². The van der Waals surface area contributed by atoms with Crippen LogP contribution < -0.4 is 25.2 Å². The third-order valence-corrected chi connectivity index (χ3v) is 13.0. The van der Waals surface area contributed by atoms with Crippen LogP contribution in [0.4, 0.5) is 15.9 Å². The summed E-state index contributed by atoms with van der Waals surface area (Å²) in [6, 6.07) is 12.5. The number of aromatic nitrogens is 2. The zero-order valence-electron chi connectivity index (χ0n) is 31.6. The van der Waals surface area contributed by atoms with Crippen molar-refractivity contribution in [3.63, 3.8) is 0 Å². The summed E-state index contributed by atoms with van der Waals surface area (Å²) in [6.07, 6.45) is 5.25. The maximum absolute atomic E-state index is 15.4. The highest BCUT2D eigenvalue weighted by Gasteiger charge is 2.54. The lowest BCUT2D eigenvalue weighted by Crippen LogP contribution is -2.68. The first-order chi connectivity index (χ1) is 28.0. The molecule has 9 rings (SSSR count). The fraction of sp³-hybridized carbons (Fsp3) is 0.463. The third-order valence-electron chi connectivity index (χ3n) is 12.6. The van der Waals surface area contributed by atoms with E-state index in [2.05, 4.69) is 30.6 Å². The number of nitriles is 1. The standard InChI is InChI=1S/C41H41ClFN9O6/c42-30-15-27(4-1-23(30)20-44)58-26-5-2-24(3-6-26)45-37(54)32-7-9-35(48-47-32)51-21-41(22-51)18-25(19-41)49-11-13-50(14-12-49)34-17-29-28(16-31(34)43)39(56)52(40(29)57)33-8-10-36(53)46-38(33)55/h1,4,7,9,15-17,24-26,33H,2-3,5-6,8,10-14,18-19,21-22H2,(H,45,54)(H,46,53,55). The lowest BCUT2D eigenvalue weighted by atomic mass is 9.60. The number of rotatable bonds is 8. The molecule has 5 heterocycles. The average Bonchev–Trinajstić information content (AvgIpc) is 3.42. The number of piperazine rings is 1. The second kappa shape index (κ2) is 14.9. The van der Waals surface area contributed by atoms with Gasteiger partial charge in [0.1, 0.15) is 23.7 Å². The van der Waals surface area contributed by atoms with E-state index >= 15 is 4.39 Å². The van der Waals surface area contributed by atoms with Crippen molar-refractivity contribution in [1.82, 2.24) is 30.6 Å². The van der Waals surface area contributed by atoms with E-state index < -0.39 is 35.5 Å². The third kappa shape index (κ3) is 7.00. The van der Waals surface area contributed by atoms with Crippen LogP contribution in [-0.4, -0.2) is 113 Å². The maximum atomic E-state index is 15.4. The van der Waals surface area contributed by atoms with Gasteiger partial charge in [-0.3, -0.25) is 39.1 Å². The Bertz CT molecular complexity index is 2240. The normalized spacial score (nSPS) is 24.5. The molecule has 1 aromatic heterocycles. The second-order valence-corrected chi connectivity index (χ2v) is 16.7. The molecule has 2 saturated carbocycles. The van der Waals surface area contributed by atoms with Crippen LogP contribution in [0.2, 0.25) is 5.02 Å². The number of fused-ring (bicyclic) bond motifs is 1. The average molecular weight is 810 g/mol. The van der Waals surface area contributed by atoms with Gasteiger partial charge in [-0.15, -0.1) is 10.2 Å². The van der Waals surface area contributed by atoms with Gasteiger partial charge in [-0.1, -0.05) is 11.6 Å². The number of anilines is 2. The number of nitrogens with one attached hydrogen (secondary N) is 2. The number of hydrogen-bond acceptors (Lipinski definition) is 12. The molecule has 15 nitrogen and oxygen atoms in total. The Balaban J connectivity index is 0.712. The first-order valence-corrected chi connectivity index (χ1v) is 20.2. The van der Waals surface area contributed by atoms with Crippen LogP contribution in [-0.2, 0) is 9.59 Å². The van der Waals surface area contributed by atoms with Gasteiger partial charge >= 0.3 is 0 Å². The van der Waals surface area contributed by atoms with Crippen LogP contribution in [0.25, 0.3) is 0 Å². The van der Waals surface area contributed by atoms with Gasteiger partial charge < -0.3 is 19.9 Å². The summed E-state index contributed by atoms with van der Waals surface area (Å²) in [4.78, 5) is 70.8. The van der Waals surface area contributed by atoms with E-state index in [0.29, 0.717) is 35.5 Å². The minimum atomic E-state index is -1.10. The monoisotopic (exact) mass is 809 g/mol. The largest absolute Gasteiger partial charge is 0.490 e. The van der Waals surface area contributed by atoms with Gasteiger partial charge in [-0.2, -0.15) is 5.26 Å². The van der Waals surface area contributed by atoms with Crippen LogP contribution in [0, 0.1) is 22.6 Å². The van der Waals surface area contributed by atoms with E-state index in [1.807, 2.05) is 17.0 Å². The fourth-order valence-electron chi connectivity index (χ4n) is 9.48. The molecule has 300 valence electrons. The highest BCUT2D eigenvalue weighted by atomic mass is 35.5. The lowest BCUT2D eigenvalue weighted by molar-refractivity contribution is -0.136. The Morgan fingerprint density at radius 3 is 2.29 bits per heavy atom. The van der Waals surface area contributed by atoms with Crippen LogP contribution in [0.3, 0.4) is 0 Å². The predicted octanol–water partition coefficient (Wildman–Crippen LogP) is 3.45. The van der Waals surface area contributed by atoms with Crippen molar-refractivity contribution in [2.45, 2.75) is 75.6 Å². The van der Waals surface area contributed by atoms with Crippen molar-refractivity contribution in [2.24, 2.45) is 5.41 Å². The molecule has 2 N–H and O–H groups in total. The zero-order chi connectivity index (χ0) is 40.3.